The Morgan fingerprint density at radius 3 is 2.71 bits per heavy atom. The summed E-state index contributed by atoms with van der Waals surface area (Å²) in [6.45, 7) is 4.54. The summed E-state index contributed by atoms with van der Waals surface area (Å²) >= 11 is 1.68. The van der Waals surface area contributed by atoms with Crippen LogP contribution >= 0.6 is 11.8 Å². The number of nitrogens with two attached hydrogens (primary N) is 1. The number of nitrogens with one attached hydrogen (secondary N) is 1. The zero-order valence-corrected chi connectivity index (χ0v) is 9.89. The molecule has 0 aliphatic rings. The molecule has 0 rings (SSSR count). The second-order valence-corrected chi connectivity index (χ2v) is 4.54. The van der Waals surface area contributed by atoms with Gasteiger partial charge in [-0.15, -0.1) is 0 Å². The predicted molar refractivity (Wildman–Crippen MR) is 59.9 cm³/mol. The highest BCUT2D eigenvalue weighted by molar-refractivity contribution is 7.98. The van der Waals surface area contributed by atoms with Crippen molar-refractivity contribution in [1.29, 1.82) is 0 Å². The first-order valence-corrected chi connectivity index (χ1v) is 6.13. The third-order valence-corrected chi connectivity index (χ3v) is 2.20. The van der Waals surface area contributed by atoms with Crippen LogP contribution in [0.25, 0.3) is 0 Å². The van der Waals surface area contributed by atoms with Gasteiger partial charge in [0.25, 0.3) is 5.91 Å². The molecule has 14 heavy (non-hydrogen) atoms. The number of carbonyl (C=O) groups is 1. The van der Waals surface area contributed by atoms with Crippen LogP contribution in [0.15, 0.2) is 0 Å². The highest BCUT2D eigenvalue weighted by Gasteiger charge is 2.12. The Labute approximate surface area is 89.9 Å². The molecule has 0 aliphatic carbocycles. The van der Waals surface area contributed by atoms with Gasteiger partial charge in [0.15, 0.2) is 0 Å². The van der Waals surface area contributed by atoms with Gasteiger partial charge in [0.2, 0.25) is 0 Å². The molecule has 0 saturated heterocycles. The Kier molecular flexibility index (Phi) is 7.93. The average Bonchev–Trinajstić information content (AvgIpc) is 2.13. The molecule has 0 spiro atoms. The Morgan fingerprint density at radius 2 is 2.21 bits per heavy atom. The molecule has 4 nitrogen and oxygen atoms in total. The molecule has 84 valence electrons. The van der Waals surface area contributed by atoms with E-state index < -0.39 is 6.04 Å². The monoisotopic (exact) mass is 220 g/mol. The minimum atomic E-state index is -0.463. The van der Waals surface area contributed by atoms with Gasteiger partial charge in [-0.1, -0.05) is 13.8 Å². The quantitative estimate of drug-likeness (QED) is 0.622. The normalized spacial score (nSPS) is 12.9. The van der Waals surface area contributed by atoms with Crippen LogP contribution in [0.3, 0.4) is 0 Å². The lowest BCUT2D eigenvalue weighted by molar-refractivity contribution is -0.135. The standard InChI is InChI=1S/C9H20N2O2S/c1-7(2)6-13-11-9(12)8(10)4-5-14-3/h7-8H,4-6,10H2,1-3H3,(H,11,12)/t8-/m0/s1. The van der Waals surface area contributed by atoms with Crippen LogP contribution in [0.4, 0.5) is 0 Å². The smallest absolute Gasteiger partial charge is 0.260 e. The maximum absolute atomic E-state index is 11.3. The maximum Gasteiger partial charge on any atom is 0.260 e. The van der Waals surface area contributed by atoms with E-state index >= 15 is 0 Å². The molecule has 5 heteroatoms. The van der Waals surface area contributed by atoms with Crippen LogP contribution in [0, 0.1) is 5.92 Å². The van der Waals surface area contributed by atoms with E-state index in [1.165, 1.54) is 0 Å². The first kappa shape index (κ1) is 13.7. The summed E-state index contributed by atoms with van der Waals surface area (Å²) in [5.41, 5.74) is 7.96. The van der Waals surface area contributed by atoms with E-state index in [0.717, 1.165) is 5.75 Å². The summed E-state index contributed by atoms with van der Waals surface area (Å²) in [7, 11) is 0. The van der Waals surface area contributed by atoms with Crippen LogP contribution in [-0.2, 0) is 9.63 Å². The molecule has 0 aromatic rings. The lowest BCUT2D eigenvalue weighted by Gasteiger charge is -2.12. The van der Waals surface area contributed by atoms with Crippen molar-refractivity contribution >= 4 is 17.7 Å². The Morgan fingerprint density at radius 1 is 1.57 bits per heavy atom. The molecule has 0 aromatic carbocycles. The van der Waals surface area contributed by atoms with Crippen LogP contribution in [0.1, 0.15) is 20.3 Å². The highest BCUT2D eigenvalue weighted by atomic mass is 32.2. The molecule has 1 amide bonds. The predicted octanol–water partition coefficient (Wildman–Crippen LogP) is 0.771. The molecule has 0 fully saturated rings. The summed E-state index contributed by atoms with van der Waals surface area (Å²) in [5.74, 6) is 1.05. The molecule has 1 atom stereocenters. The minimum Gasteiger partial charge on any atom is -0.320 e. The van der Waals surface area contributed by atoms with Gasteiger partial charge in [0.05, 0.1) is 12.6 Å². The van der Waals surface area contributed by atoms with Crippen molar-refractivity contribution in [3.05, 3.63) is 0 Å². The molecule has 0 saturated carbocycles. The van der Waals surface area contributed by atoms with Gasteiger partial charge in [-0.3, -0.25) is 9.63 Å². The summed E-state index contributed by atoms with van der Waals surface area (Å²) in [6, 6.07) is -0.463. The second-order valence-electron chi connectivity index (χ2n) is 3.56. The van der Waals surface area contributed by atoms with E-state index in [-0.39, 0.29) is 5.91 Å². The summed E-state index contributed by atoms with van der Waals surface area (Å²) in [5, 5.41) is 0. The van der Waals surface area contributed by atoms with E-state index in [2.05, 4.69) is 5.48 Å². The number of hydrogen-bond acceptors (Lipinski definition) is 4. The van der Waals surface area contributed by atoms with Gasteiger partial charge in [0.1, 0.15) is 0 Å². The fourth-order valence-corrected chi connectivity index (χ4v) is 1.22. The molecule has 3 N–H and O–H groups in total. The van der Waals surface area contributed by atoms with Crippen LogP contribution in [0.2, 0.25) is 0 Å². The summed E-state index contributed by atoms with van der Waals surface area (Å²) in [6.07, 6.45) is 2.66. The first-order chi connectivity index (χ1) is 6.57. The number of amides is 1. The van der Waals surface area contributed by atoms with Crippen molar-refractivity contribution in [3.8, 4) is 0 Å². The van der Waals surface area contributed by atoms with Crippen LogP contribution in [-0.4, -0.2) is 30.6 Å². The van der Waals surface area contributed by atoms with E-state index in [0.29, 0.717) is 18.9 Å². The van der Waals surface area contributed by atoms with Crippen LogP contribution in [0.5, 0.6) is 0 Å². The Balaban J connectivity index is 3.52. The largest absolute Gasteiger partial charge is 0.320 e. The van der Waals surface area contributed by atoms with Gasteiger partial charge < -0.3 is 5.73 Å². The van der Waals surface area contributed by atoms with Gasteiger partial charge in [-0.25, -0.2) is 5.48 Å². The fourth-order valence-electron chi connectivity index (χ4n) is 0.731. The maximum atomic E-state index is 11.3. The van der Waals surface area contributed by atoms with E-state index in [1.54, 1.807) is 11.8 Å². The lowest BCUT2D eigenvalue weighted by Crippen LogP contribution is -2.41. The third kappa shape index (κ3) is 7.17. The Hall–Kier alpha value is -0.260. The molecule has 0 bridgehead atoms. The zero-order chi connectivity index (χ0) is 11.0. The van der Waals surface area contributed by atoms with Gasteiger partial charge in [-0.05, 0) is 24.3 Å². The molecule has 0 unspecified atom stereocenters. The number of thioether (sulfide) groups is 1. The lowest BCUT2D eigenvalue weighted by atomic mass is 10.2. The summed E-state index contributed by atoms with van der Waals surface area (Å²) in [4.78, 5) is 16.2. The Bertz CT molecular complexity index is 165. The molecule has 0 aliphatic heterocycles. The number of hydrogen-bond donors (Lipinski definition) is 2. The third-order valence-electron chi connectivity index (χ3n) is 1.56. The number of hydroxylamine groups is 1. The van der Waals surface area contributed by atoms with Gasteiger partial charge in [-0.2, -0.15) is 11.8 Å². The van der Waals surface area contributed by atoms with Crippen molar-refractivity contribution in [1.82, 2.24) is 5.48 Å². The second kappa shape index (κ2) is 8.08. The van der Waals surface area contributed by atoms with Crippen molar-refractivity contribution in [2.24, 2.45) is 11.7 Å². The molecule has 0 radical (unpaired) electrons. The first-order valence-electron chi connectivity index (χ1n) is 4.74. The SMILES string of the molecule is CSCC[C@H](N)C(=O)NOCC(C)C. The molecular formula is C9H20N2O2S. The number of rotatable bonds is 7. The van der Waals surface area contributed by atoms with Crippen LogP contribution < -0.4 is 11.2 Å². The average molecular weight is 220 g/mol. The van der Waals surface area contributed by atoms with Crippen molar-refractivity contribution in [2.75, 3.05) is 18.6 Å². The van der Waals surface area contributed by atoms with Gasteiger partial charge >= 0.3 is 0 Å². The van der Waals surface area contributed by atoms with Crippen molar-refractivity contribution in [3.63, 3.8) is 0 Å². The number of carbonyl (C=O) groups excluding carboxylic acids is 1. The van der Waals surface area contributed by atoms with E-state index in [9.17, 15) is 4.79 Å². The minimum absolute atomic E-state index is 0.236. The zero-order valence-electron chi connectivity index (χ0n) is 9.08. The van der Waals surface area contributed by atoms with Gasteiger partial charge in [0, 0.05) is 0 Å². The highest BCUT2D eigenvalue weighted by Crippen LogP contribution is 1.98. The fraction of sp³-hybridized carbons (Fsp3) is 0.889. The van der Waals surface area contributed by atoms with E-state index in [1.807, 2.05) is 20.1 Å². The van der Waals surface area contributed by atoms with Crippen molar-refractivity contribution < 1.29 is 9.63 Å². The molecule has 0 aromatic heterocycles. The molecule has 0 heterocycles. The van der Waals surface area contributed by atoms with E-state index in [4.69, 9.17) is 10.6 Å². The van der Waals surface area contributed by atoms with Crippen molar-refractivity contribution in [2.45, 2.75) is 26.3 Å². The molecular weight excluding hydrogens is 200 g/mol. The topological polar surface area (TPSA) is 64.4 Å². The summed E-state index contributed by atoms with van der Waals surface area (Å²) < 4.78 is 0.